The Morgan fingerprint density at radius 3 is 2.69 bits per heavy atom. The standard InChI is InChI=1S/C24H38N4O4/c1-6-31-14-8-7-11-28(19-9-12-26(5)13-10-19)24(30)20-18(4)32-22-21(20)23(29)27(16-25-22)15-17(2)3/h16-17,19H,6-15H2,1-5H3. The van der Waals surface area contributed by atoms with E-state index in [1.54, 1.807) is 11.5 Å². The van der Waals surface area contributed by atoms with Crippen molar-refractivity contribution < 1.29 is 13.9 Å². The highest BCUT2D eigenvalue weighted by molar-refractivity contribution is 6.06. The fraction of sp³-hybridized carbons (Fsp3) is 0.708. The number of aromatic nitrogens is 2. The van der Waals surface area contributed by atoms with Crippen molar-refractivity contribution in [2.75, 3.05) is 39.9 Å². The maximum Gasteiger partial charge on any atom is 0.265 e. The van der Waals surface area contributed by atoms with Gasteiger partial charge in [0.2, 0.25) is 5.71 Å². The van der Waals surface area contributed by atoms with E-state index in [1.165, 1.54) is 6.33 Å². The Balaban J connectivity index is 1.93. The SMILES string of the molecule is CCOCCCCN(C(=O)c1c(C)oc2ncn(CC(C)C)c(=O)c12)C1CCN(C)CC1. The van der Waals surface area contributed by atoms with E-state index < -0.39 is 0 Å². The van der Waals surface area contributed by atoms with Gasteiger partial charge in [-0.3, -0.25) is 14.2 Å². The lowest BCUT2D eigenvalue weighted by Gasteiger charge is -2.37. The van der Waals surface area contributed by atoms with Crippen LogP contribution in [0.5, 0.6) is 0 Å². The molecule has 1 aliphatic heterocycles. The molecule has 8 heteroatoms. The first kappa shape index (κ1) is 24.5. The van der Waals surface area contributed by atoms with Gasteiger partial charge >= 0.3 is 0 Å². The van der Waals surface area contributed by atoms with Crippen LogP contribution in [0.3, 0.4) is 0 Å². The number of rotatable bonds is 10. The van der Waals surface area contributed by atoms with Gasteiger partial charge in [0, 0.05) is 32.3 Å². The fourth-order valence-electron chi connectivity index (χ4n) is 4.45. The van der Waals surface area contributed by atoms with Gasteiger partial charge in [-0.2, -0.15) is 0 Å². The molecule has 0 bridgehead atoms. The van der Waals surface area contributed by atoms with Gasteiger partial charge in [-0.25, -0.2) is 4.98 Å². The molecule has 0 spiro atoms. The quantitative estimate of drug-likeness (QED) is 0.521. The molecule has 0 radical (unpaired) electrons. The number of hydrogen-bond donors (Lipinski definition) is 0. The highest BCUT2D eigenvalue weighted by Gasteiger charge is 2.32. The Morgan fingerprint density at radius 2 is 2.03 bits per heavy atom. The number of aryl methyl sites for hydroxylation is 1. The number of piperidine rings is 1. The molecular weight excluding hydrogens is 408 g/mol. The van der Waals surface area contributed by atoms with Crippen LogP contribution >= 0.6 is 0 Å². The van der Waals surface area contributed by atoms with Gasteiger partial charge in [0.25, 0.3) is 11.5 Å². The molecule has 1 amide bonds. The fourth-order valence-corrected chi connectivity index (χ4v) is 4.45. The average Bonchev–Trinajstić information content (AvgIpc) is 3.09. The lowest BCUT2D eigenvalue weighted by atomic mass is 10.0. The second-order valence-corrected chi connectivity index (χ2v) is 9.25. The lowest BCUT2D eigenvalue weighted by molar-refractivity contribution is 0.0575. The summed E-state index contributed by atoms with van der Waals surface area (Å²) >= 11 is 0. The predicted molar refractivity (Wildman–Crippen MR) is 125 cm³/mol. The zero-order valence-electron chi connectivity index (χ0n) is 20.2. The van der Waals surface area contributed by atoms with Crippen LogP contribution in [0.15, 0.2) is 15.5 Å². The summed E-state index contributed by atoms with van der Waals surface area (Å²) in [5.41, 5.74) is 0.415. The van der Waals surface area contributed by atoms with Crippen molar-refractivity contribution in [3.63, 3.8) is 0 Å². The van der Waals surface area contributed by atoms with Gasteiger partial charge in [0.1, 0.15) is 17.5 Å². The number of unbranched alkanes of at least 4 members (excludes halogenated alkanes) is 1. The monoisotopic (exact) mass is 446 g/mol. The Morgan fingerprint density at radius 1 is 1.31 bits per heavy atom. The second-order valence-electron chi connectivity index (χ2n) is 9.25. The molecule has 32 heavy (non-hydrogen) atoms. The minimum absolute atomic E-state index is 0.117. The molecule has 0 aliphatic carbocycles. The molecule has 0 aromatic carbocycles. The van der Waals surface area contributed by atoms with Gasteiger partial charge in [-0.1, -0.05) is 13.8 Å². The number of carbonyl (C=O) groups is 1. The average molecular weight is 447 g/mol. The summed E-state index contributed by atoms with van der Waals surface area (Å²) in [5, 5.41) is 0.308. The van der Waals surface area contributed by atoms with Gasteiger partial charge in [0.15, 0.2) is 0 Å². The summed E-state index contributed by atoms with van der Waals surface area (Å²) in [4.78, 5) is 35.7. The number of furan rings is 1. The van der Waals surface area contributed by atoms with Crippen LogP contribution in [-0.2, 0) is 11.3 Å². The zero-order valence-corrected chi connectivity index (χ0v) is 20.2. The van der Waals surface area contributed by atoms with Crippen LogP contribution in [0.2, 0.25) is 0 Å². The summed E-state index contributed by atoms with van der Waals surface area (Å²) in [7, 11) is 2.11. The molecular formula is C24H38N4O4. The third-order valence-electron chi connectivity index (χ3n) is 6.16. The van der Waals surface area contributed by atoms with Crippen molar-refractivity contribution >= 4 is 17.0 Å². The Hall–Kier alpha value is -2.19. The lowest BCUT2D eigenvalue weighted by Crippen LogP contribution is -2.47. The van der Waals surface area contributed by atoms with E-state index in [0.717, 1.165) is 38.8 Å². The van der Waals surface area contributed by atoms with E-state index in [1.807, 2.05) is 25.7 Å². The molecule has 3 rings (SSSR count). The third-order valence-corrected chi connectivity index (χ3v) is 6.16. The Labute approximate surface area is 190 Å². The van der Waals surface area contributed by atoms with Crippen molar-refractivity contribution in [2.45, 2.75) is 66.0 Å². The molecule has 178 valence electrons. The predicted octanol–water partition coefficient (Wildman–Crippen LogP) is 3.31. The first-order valence-corrected chi connectivity index (χ1v) is 11.9. The Kier molecular flexibility index (Phi) is 8.48. The maximum absolute atomic E-state index is 13.9. The van der Waals surface area contributed by atoms with Gasteiger partial charge < -0.3 is 19.0 Å². The highest BCUT2D eigenvalue weighted by atomic mass is 16.5. The van der Waals surface area contributed by atoms with Gasteiger partial charge in [-0.15, -0.1) is 0 Å². The summed E-state index contributed by atoms with van der Waals surface area (Å²) in [6, 6.07) is 0.157. The molecule has 1 aliphatic rings. The summed E-state index contributed by atoms with van der Waals surface area (Å²) in [6.07, 6.45) is 5.14. The number of hydrogen-bond acceptors (Lipinski definition) is 6. The molecule has 1 fully saturated rings. The van der Waals surface area contributed by atoms with Crippen molar-refractivity contribution in [2.24, 2.45) is 5.92 Å². The number of amides is 1. The smallest absolute Gasteiger partial charge is 0.265 e. The summed E-state index contributed by atoms with van der Waals surface area (Å²) < 4.78 is 12.8. The normalized spacial score (nSPS) is 15.7. The van der Waals surface area contributed by atoms with E-state index >= 15 is 0 Å². The molecule has 1 saturated heterocycles. The van der Waals surface area contributed by atoms with Crippen LogP contribution in [-0.4, -0.2) is 71.2 Å². The zero-order chi connectivity index (χ0) is 23.3. The summed E-state index contributed by atoms with van der Waals surface area (Å²) in [5.74, 6) is 0.637. The molecule has 0 saturated carbocycles. The third kappa shape index (κ3) is 5.59. The van der Waals surface area contributed by atoms with Crippen molar-refractivity contribution in [1.29, 1.82) is 0 Å². The van der Waals surface area contributed by atoms with Crippen LogP contribution in [0.4, 0.5) is 0 Å². The van der Waals surface area contributed by atoms with Crippen LogP contribution in [0, 0.1) is 12.8 Å². The molecule has 3 heterocycles. The van der Waals surface area contributed by atoms with Crippen LogP contribution in [0.1, 0.15) is 62.6 Å². The van der Waals surface area contributed by atoms with E-state index in [2.05, 4.69) is 16.9 Å². The molecule has 8 nitrogen and oxygen atoms in total. The first-order chi connectivity index (χ1) is 15.3. The molecule has 2 aromatic rings. The van der Waals surface area contributed by atoms with Crippen molar-refractivity contribution in [1.82, 2.24) is 19.4 Å². The molecule has 0 unspecified atom stereocenters. The van der Waals surface area contributed by atoms with Gasteiger partial charge in [-0.05, 0) is 65.6 Å². The number of nitrogens with zero attached hydrogens (tertiary/aromatic N) is 4. The number of likely N-dealkylation sites (tertiary alicyclic amines) is 1. The second kappa shape index (κ2) is 11.1. The van der Waals surface area contributed by atoms with E-state index in [4.69, 9.17) is 9.15 Å². The van der Waals surface area contributed by atoms with E-state index in [0.29, 0.717) is 48.9 Å². The first-order valence-electron chi connectivity index (χ1n) is 11.9. The van der Waals surface area contributed by atoms with Crippen molar-refractivity contribution in [3.05, 3.63) is 28.0 Å². The largest absolute Gasteiger partial charge is 0.442 e. The van der Waals surface area contributed by atoms with Crippen molar-refractivity contribution in [3.8, 4) is 0 Å². The topological polar surface area (TPSA) is 80.8 Å². The number of carbonyl (C=O) groups excluding carboxylic acids is 1. The minimum Gasteiger partial charge on any atom is -0.442 e. The van der Waals surface area contributed by atoms with Crippen LogP contribution < -0.4 is 5.56 Å². The highest BCUT2D eigenvalue weighted by Crippen LogP contribution is 2.26. The van der Waals surface area contributed by atoms with E-state index in [9.17, 15) is 9.59 Å². The maximum atomic E-state index is 13.9. The molecule has 0 atom stereocenters. The molecule has 2 aromatic heterocycles. The van der Waals surface area contributed by atoms with E-state index in [-0.39, 0.29) is 23.2 Å². The Bertz CT molecular complexity index is 957. The summed E-state index contributed by atoms with van der Waals surface area (Å²) in [6.45, 7) is 12.4. The number of fused-ring (bicyclic) bond motifs is 1. The number of ether oxygens (including phenoxy) is 1. The molecule has 0 N–H and O–H groups in total. The van der Waals surface area contributed by atoms with Gasteiger partial charge in [0.05, 0.1) is 5.56 Å². The van der Waals surface area contributed by atoms with Crippen LogP contribution in [0.25, 0.3) is 11.1 Å². The minimum atomic E-state index is -0.205.